The lowest BCUT2D eigenvalue weighted by Gasteiger charge is -2.26. The first-order valence-electron chi connectivity index (χ1n) is 6.96. The van der Waals surface area contributed by atoms with Gasteiger partial charge in [-0.3, -0.25) is 0 Å². The smallest absolute Gasteiger partial charge is 0.151 e. The molecule has 0 radical (unpaired) electrons. The van der Waals surface area contributed by atoms with E-state index < -0.39 is 0 Å². The second-order valence-corrected chi connectivity index (χ2v) is 5.77. The van der Waals surface area contributed by atoms with Gasteiger partial charge in [-0.25, -0.2) is 4.98 Å². The van der Waals surface area contributed by atoms with Gasteiger partial charge in [0, 0.05) is 19.3 Å². The molecule has 1 aromatic heterocycles. The molecule has 0 aliphatic rings. The molecule has 0 aromatic carbocycles. The molecule has 18 heavy (non-hydrogen) atoms. The Bertz CT molecular complexity index is 335. The van der Waals surface area contributed by atoms with Crippen LogP contribution in [0.25, 0.3) is 0 Å². The zero-order chi connectivity index (χ0) is 13.5. The summed E-state index contributed by atoms with van der Waals surface area (Å²) in [6.07, 6.45) is 4.17. The Kier molecular flexibility index (Phi) is 5.96. The summed E-state index contributed by atoms with van der Waals surface area (Å²) in [5.74, 6) is 2.35. The highest BCUT2D eigenvalue weighted by Crippen LogP contribution is 2.21. The molecule has 0 spiro atoms. The number of anilines is 2. The van der Waals surface area contributed by atoms with E-state index in [1.165, 1.54) is 12.8 Å². The summed E-state index contributed by atoms with van der Waals surface area (Å²) in [5.41, 5.74) is 6.81. The first-order valence-corrected chi connectivity index (χ1v) is 6.96. The fourth-order valence-corrected chi connectivity index (χ4v) is 1.83. The Morgan fingerprint density at radius 1 is 1.11 bits per heavy atom. The van der Waals surface area contributed by atoms with Gasteiger partial charge < -0.3 is 10.6 Å². The average molecular weight is 249 g/mol. The molecule has 0 unspecified atom stereocenters. The molecule has 0 aliphatic heterocycles. The number of rotatable bonds is 7. The normalized spacial score (nSPS) is 11.2. The lowest BCUT2D eigenvalue weighted by molar-refractivity contribution is 0.533. The van der Waals surface area contributed by atoms with E-state index in [-0.39, 0.29) is 0 Å². The quantitative estimate of drug-likeness (QED) is 0.803. The van der Waals surface area contributed by atoms with Crippen LogP contribution in [0.3, 0.4) is 0 Å². The minimum absolute atomic E-state index is 0.705. The lowest BCUT2D eigenvalue weighted by atomic mass is 10.1. The van der Waals surface area contributed by atoms with Crippen molar-refractivity contribution >= 4 is 11.5 Å². The second kappa shape index (κ2) is 7.24. The molecular formula is C15H27N3. The number of pyridine rings is 1. The molecule has 2 N–H and O–H groups in total. The molecule has 0 amide bonds. The van der Waals surface area contributed by atoms with Gasteiger partial charge in [-0.1, -0.05) is 27.7 Å². The van der Waals surface area contributed by atoms with Crippen LogP contribution in [0, 0.1) is 11.8 Å². The first-order chi connectivity index (χ1) is 8.50. The minimum atomic E-state index is 0.705. The van der Waals surface area contributed by atoms with Crippen LogP contribution in [-0.4, -0.2) is 18.1 Å². The van der Waals surface area contributed by atoms with E-state index in [1.54, 1.807) is 0 Å². The Labute approximate surface area is 111 Å². The van der Waals surface area contributed by atoms with Gasteiger partial charge in [0.2, 0.25) is 0 Å². The van der Waals surface area contributed by atoms with Crippen molar-refractivity contribution < 1.29 is 0 Å². The number of nitrogens with zero attached hydrogens (tertiary/aromatic N) is 2. The largest absolute Gasteiger partial charge is 0.396 e. The first kappa shape index (κ1) is 14.8. The Hall–Kier alpha value is -1.25. The maximum atomic E-state index is 6.03. The van der Waals surface area contributed by atoms with Crippen LogP contribution in [0.15, 0.2) is 18.3 Å². The minimum Gasteiger partial charge on any atom is -0.396 e. The summed E-state index contributed by atoms with van der Waals surface area (Å²) in [5, 5.41) is 0. The number of hydrogen-bond donors (Lipinski definition) is 1. The van der Waals surface area contributed by atoms with Gasteiger partial charge in [0.25, 0.3) is 0 Å². The summed E-state index contributed by atoms with van der Waals surface area (Å²) >= 11 is 0. The molecule has 1 heterocycles. The molecular weight excluding hydrogens is 222 g/mol. The molecule has 0 bridgehead atoms. The zero-order valence-corrected chi connectivity index (χ0v) is 12.2. The monoisotopic (exact) mass is 249 g/mol. The van der Waals surface area contributed by atoms with Crippen molar-refractivity contribution in [1.82, 2.24) is 4.98 Å². The van der Waals surface area contributed by atoms with Gasteiger partial charge in [0.15, 0.2) is 5.82 Å². The van der Waals surface area contributed by atoms with Crippen LogP contribution in [0.4, 0.5) is 11.5 Å². The third-order valence-electron chi connectivity index (χ3n) is 3.07. The summed E-state index contributed by atoms with van der Waals surface area (Å²) in [7, 11) is 0. The van der Waals surface area contributed by atoms with Crippen LogP contribution in [0.1, 0.15) is 40.5 Å². The topological polar surface area (TPSA) is 42.2 Å². The van der Waals surface area contributed by atoms with Gasteiger partial charge in [-0.2, -0.15) is 0 Å². The van der Waals surface area contributed by atoms with Crippen LogP contribution in [0.2, 0.25) is 0 Å². The number of nitrogens with two attached hydrogens (primary N) is 1. The van der Waals surface area contributed by atoms with Crippen molar-refractivity contribution in [2.24, 2.45) is 11.8 Å². The fourth-order valence-electron chi connectivity index (χ4n) is 1.83. The molecule has 0 atom stereocenters. The predicted octanol–water partition coefficient (Wildman–Crippen LogP) is 3.56. The van der Waals surface area contributed by atoms with Crippen molar-refractivity contribution in [2.45, 2.75) is 40.5 Å². The molecule has 0 saturated heterocycles. The third kappa shape index (κ3) is 4.94. The predicted molar refractivity (Wildman–Crippen MR) is 79.8 cm³/mol. The summed E-state index contributed by atoms with van der Waals surface area (Å²) < 4.78 is 0. The van der Waals surface area contributed by atoms with E-state index >= 15 is 0 Å². The number of nitrogen functional groups attached to an aromatic ring is 1. The molecule has 3 heteroatoms. The Morgan fingerprint density at radius 2 is 1.67 bits per heavy atom. The fraction of sp³-hybridized carbons (Fsp3) is 0.667. The molecule has 1 aromatic rings. The van der Waals surface area contributed by atoms with Crippen molar-refractivity contribution in [1.29, 1.82) is 0 Å². The Balaban J connectivity index is 2.73. The SMILES string of the molecule is CC(C)CCN(CCC(C)C)c1ncccc1N. The highest BCUT2D eigenvalue weighted by atomic mass is 15.2. The molecule has 1 rings (SSSR count). The third-order valence-corrected chi connectivity index (χ3v) is 3.07. The van der Waals surface area contributed by atoms with E-state index in [9.17, 15) is 0 Å². The van der Waals surface area contributed by atoms with E-state index in [0.29, 0.717) is 11.8 Å². The van der Waals surface area contributed by atoms with E-state index in [0.717, 1.165) is 24.6 Å². The average Bonchev–Trinajstić information content (AvgIpc) is 2.30. The molecule has 0 aliphatic carbocycles. The number of aromatic nitrogens is 1. The summed E-state index contributed by atoms with van der Waals surface area (Å²) in [4.78, 5) is 6.76. The van der Waals surface area contributed by atoms with E-state index in [2.05, 4.69) is 37.6 Å². The molecule has 102 valence electrons. The van der Waals surface area contributed by atoms with Gasteiger partial charge in [0.1, 0.15) is 0 Å². The van der Waals surface area contributed by atoms with Gasteiger partial charge in [-0.05, 0) is 36.8 Å². The second-order valence-electron chi connectivity index (χ2n) is 5.77. The van der Waals surface area contributed by atoms with Crippen LogP contribution >= 0.6 is 0 Å². The van der Waals surface area contributed by atoms with Gasteiger partial charge >= 0.3 is 0 Å². The maximum Gasteiger partial charge on any atom is 0.151 e. The van der Waals surface area contributed by atoms with E-state index in [4.69, 9.17) is 5.73 Å². The molecule has 0 saturated carbocycles. The molecule has 0 fully saturated rings. The summed E-state index contributed by atoms with van der Waals surface area (Å²) in [6.45, 7) is 11.1. The highest BCUT2D eigenvalue weighted by Gasteiger charge is 2.12. The molecule has 3 nitrogen and oxygen atoms in total. The number of hydrogen-bond acceptors (Lipinski definition) is 3. The van der Waals surface area contributed by atoms with Crippen molar-refractivity contribution in [3.05, 3.63) is 18.3 Å². The zero-order valence-electron chi connectivity index (χ0n) is 12.2. The van der Waals surface area contributed by atoms with Crippen LogP contribution in [-0.2, 0) is 0 Å². The van der Waals surface area contributed by atoms with Gasteiger partial charge in [0.05, 0.1) is 5.69 Å². The van der Waals surface area contributed by atoms with Gasteiger partial charge in [-0.15, -0.1) is 0 Å². The van der Waals surface area contributed by atoms with Crippen LogP contribution in [0.5, 0.6) is 0 Å². The summed E-state index contributed by atoms with van der Waals surface area (Å²) in [6, 6.07) is 3.82. The lowest BCUT2D eigenvalue weighted by Crippen LogP contribution is -2.29. The van der Waals surface area contributed by atoms with Crippen molar-refractivity contribution in [3.63, 3.8) is 0 Å². The van der Waals surface area contributed by atoms with E-state index in [1.807, 2.05) is 18.3 Å². The maximum absolute atomic E-state index is 6.03. The highest BCUT2D eigenvalue weighted by molar-refractivity contribution is 5.62. The van der Waals surface area contributed by atoms with Crippen molar-refractivity contribution in [3.8, 4) is 0 Å². The van der Waals surface area contributed by atoms with Crippen molar-refractivity contribution in [2.75, 3.05) is 23.7 Å². The Morgan fingerprint density at radius 3 is 2.11 bits per heavy atom. The standard InChI is InChI=1S/C15H27N3/c1-12(2)7-10-18(11-8-13(3)4)15-14(16)6-5-9-17-15/h5-6,9,12-13H,7-8,10-11,16H2,1-4H3. The van der Waals surface area contributed by atoms with Crippen LogP contribution < -0.4 is 10.6 Å².